The van der Waals surface area contributed by atoms with Crippen molar-refractivity contribution in [1.82, 2.24) is 9.97 Å². The summed E-state index contributed by atoms with van der Waals surface area (Å²) in [4.78, 5) is 18.0. The average Bonchev–Trinajstić information content (AvgIpc) is 2.93. The standard InChI is InChI=1S/C12H10N2O4/c1-6-13-10(11(14-6)12(15)16)7-2-3-8-9(4-7)18-5-17-8/h2-4H,5H2,1H3,(H,13,14)(H,15,16). The predicted octanol–water partition coefficient (Wildman–Crippen LogP) is 1.81. The molecule has 1 aliphatic rings. The van der Waals surface area contributed by atoms with Gasteiger partial charge in [-0.05, 0) is 25.1 Å². The number of benzene rings is 1. The third-order valence-electron chi connectivity index (χ3n) is 2.68. The van der Waals surface area contributed by atoms with E-state index in [4.69, 9.17) is 14.6 Å². The number of aryl methyl sites for hydroxylation is 1. The van der Waals surface area contributed by atoms with Crippen LogP contribution in [0.5, 0.6) is 11.5 Å². The zero-order valence-corrected chi connectivity index (χ0v) is 9.56. The van der Waals surface area contributed by atoms with Gasteiger partial charge in [0.1, 0.15) is 11.5 Å². The number of aromatic carboxylic acids is 1. The first-order valence-electron chi connectivity index (χ1n) is 5.35. The maximum Gasteiger partial charge on any atom is 0.354 e. The van der Waals surface area contributed by atoms with Crippen molar-refractivity contribution in [3.63, 3.8) is 0 Å². The van der Waals surface area contributed by atoms with Gasteiger partial charge >= 0.3 is 5.97 Å². The van der Waals surface area contributed by atoms with Gasteiger partial charge in [0.2, 0.25) is 6.79 Å². The van der Waals surface area contributed by atoms with Gasteiger partial charge in [-0.15, -0.1) is 0 Å². The van der Waals surface area contributed by atoms with Crippen molar-refractivity contribution in [3.05, 3.63) is 29.7 Å². The molecular formula is C12H10N2O4. The molecule has 0 amide bonds. The molecule has 2 N–H and O–H groups in total. The Morgan fingerprint density at radius 2 is 2.17 bits per heavy atom. The summed E-state index contributed by atoms with van der Waals surface area (Å²) in [6.45, 7) is 1.90. The summed E-state index contributed by atoms with van der Waals surface area (Å²) in [7, 11) is 0. The summed E-state index contributed by atoms with van der Waals surface area (Å²) >= 11 is 0. The molecule has 0 bridgehead atoms. The Labute approximate surface area is 102 Å². The van der Waals surface area contributed by atoms with Gasteiger partial charge in [0.15, 0.2) is 17.2 Å². The zero-order chi connectivity index (χ0) is 12.7. The van der Waals surface area contributed by atoms with E-state index >= 15 is 0 Å². The lowest BCUT2D eigenvalue weighted by atomic mass is 10.1. The molecule has 0 fully saturated rings. The molecule has 0 saturated heterocycles. The number of ether oxygens (including phenoxy) is 2. The van der Waals surface area contributed by atoms with Gasteiger partial charge < -0.3 is 19.6 Å². The Hall–Kier alpha value is -2.50. The largest absolute Gasteiger partial charge is 0.477 e. The summed E-state index contributed by atoms with van der Waals surface area (Å²) < 4.78 is 10.5. The fourth-order valence-corrected chi connectivity index (χ4v) is 1.90. The topological polar surface area (TPSA) is 84.4 Å². The highest BCUT2D eigenvalue weighted by Gasteiger charge is 2.20. The molecule has 2 heterocycles. The molecule has 3 rings (SSSR count). The van der Waals surface area contributed by atoms with E-state index in [1.807, 2.05) is 0 Å². The smallest absolute Gasteiger partial charge is 0.354 e. The number of rotatable bonds is 2. The molecule has 0 aliphatic carbocycles. The fraction of sp³-hybridized carbons (Fsp3) is 0.167. The Bertz CT molecular complexity index is 633. The number of hydrogen-bond donors (Lipinski definition) is 2. The minimum atomic E-state index is -1.04. The molecule has 0 unspecified atom stereocenters. The van der Waals surface area contributed by atoms with Crippen molar-refractivity contribution in [3.8, 4) is 22.8 Å². The summed E-state index contributed by atoms with van der Waals surface area (Å²) in [5.74, 6) is 0.774. The first-order valence-corrected chi connectivity index (χ1v) is 5.35. The number of imidazole rings is 1. The summed E-state index contributed by atoms with van der Waals surface area (Å²) in [5.41, 5.74) is 1.16. The lowest BCUT2D eigenvalue weighted by molar-refractivity contribution is 0.0692. The van der Waals surface area contributed by atoms with Crippen LogP contribution in [0.15, 0.2) is 18.2 Å². The van der Waals surface area contributed by atoms with E-state index in [0.29, 0.717) is 28.6 Å². The molecule has 6 nitrogen and oxygen atoms in total. The first kappa shape index (κ1) is 10.6. The second-order valence-corrected chi connectivity index (χ2v) is 3.92. The number of carbonyl (C=O) groups is 1. The van der Waals surface area contributed by atoms with Gasteiger partial charge in [-0.2, -0.15) is 0 Å². The van der Waals surface area contributed by atoms with Crippen molar-refractivity contribution in [1.29, 1.82) is 0 Å². The highest BCUT2D eigenvalue weighted by atomic mass is 16.7. The first-order chi connectivity index (χ1) is 8.65. The second-order valence-electron chi connectivity index (χ2n) is 3.92. The number of H-pyrrole nitrogens is 1. The third kappa shape index (κ3) is 1.58. The van der Waals surface area contributed by atoms with Crippen molar-refractivity contribution in [2.24, 2.45) is 0 Å². The average molecular weight is 246 g/mol. The van der Waals surface area contributed by atoms with Crippen molar-refractivity contribution >= 4 is 5.97 Å². The Kier molecular flexibility index (Phi) is 2.22. The summed E-state index contributed by atoms with van der Waals surface area (Å²) in [5, 5.41) is 9.11. The molecule has 18 heavy (non-hydrogen) atoms. The quantitative estimate of drug-likeness (QED) is 0.844. The summed E-state index contributed by atoms with van der Waals surface area (Å²) in [6, 6.07) is 5.23. The van der Waals surface area contributed by atoms with Gasteiger partial charge in [-0.3, -0.25) is 0 Å². The van der Waals surface area contributed by atoms with E-state index in [-0.39, 0.29) is 12.5 Å². The monoisotopic (exact) mass is 246 g/mol. The lowest BCUT2D eigenvalue weighted by Gasteiger charge is -2.01. The number of aromatic nitrogens is 2. The van der Waals surface area contributed by atoms with Crippen LogP contribution in [0.3, 0.4) is 0 Å². The fourth-order valence-electron chi connectivity index (χ4n) is 1.90. The van der Waals surface area contributed by atoms with Crippen molar-refractivity contribution in [2.75, 3.05) is 6.79 Å². The maximum atomic E-state index is 11.1. The number of aromatic amines is 1. The van der Waals surface area contributed by atoms with Gasteiger partial charge in [-0.25, -0.2) is 9.78 Å². The van der Waals surface area contributed by atoms with E-state index in [1.165, 1.54) is 0 Å². The number of nitrogens with one attached hydrogen (secondary N) is 1. The minimum absolute atomic E-state index is 0.0753. The highest BCUT2D eigenvalue weighted by Crippen LogP contribution is 2.36. The molecule has 0 radical (unpaired) electrons. The third-order valence-corrected chi connectivity index (χ3v) is 2.68. The molecule has 6 heteroatoms. The number of nitrogens with zero attached hydrogens (tertiary/aromatic N) is 1. The summed E-state index contributed by atoms with van der Waals surface area (Å²) in [6.07, 6.45) is 0. The van der Waals surface area contributed by atoms with E-state index in [9.17, 15) is 4.79 Å². The van der Waals surface area contributed by atoms with Crippen molar-refractivity contribution < 1.29 is 19.4 Å². The minimum Gasteiger partial charge on any atom is -0.477 e. The van der Waals surface area contributed by atoms with E-state index in [1.54, 1.807) is 25.1 Å². The molecule has 1 aromatic carbocycles. The van der Waals surface area contributed by atoms with E-state index < -0.39 is 5.97 Å². The van der Waals surface area contributed by atoms with E-state index in [2.05, 4.69) is 9.97 Å². The zero-order valence-electron chi connectivity index (χ0n) is 9.56. The Morgan fingerprint density at radius 3 is 2.94 bits per heavy atom. The molecule has 0 atom stereocenters. The van der Waals surface area contributed by atoms with Crippen LogP contribution in [0.2, 0.25) is 0 Å². The van der Waals surface area contributed by atoms with Crippen molar-refractivity contribution in [2.45, 2.75) is 6.92 Å². The SMILES string of the molecule is Cc1nc(-c2ccc3c(c2)OCO3)c(C(=O)O)[nH]1. The second kappa shape index (κ2) is 3.76. The molecule has 0 spiro atoms. The van der Waals surface area contributed by atoms with Crippen LogP contribution >= 0.6 is 0 Å². The Balaban J connectivity index is 2.12. The molecule has 92 valence electrons. The number of carboxylic acids is 1. The molecular weight excluding hydrogens is 236 g/mol. The van der Waals surface area contributed by atoms with Gasteiger partial charge in [0.05, 0.1) is 0 Å². The van der Waals surface area contributed by atoms with Crippen LogP contribution in [0.25, 0.3) is 11.3 Å². The molecule has 1 aliphatic heterocycles. The normalized spacial score (nSPS) is 12.7. The van der Waals surface area contributed by atoms with Crippen LogP contribution in [0.1, 0.15) is 16.3 Å². The van der Waals surface area contributed by atoms with Crippen LogP contribution in [0, 0.1) is 6.92 Å². The predicted molar refractivity (Wildman–Crippen MR) is 61.8 cm³/mol. The maximum absolute atomic E-state index is 11.1. The highest BCUT2D eigenvalue weighted by molar-refractivity contribution is 5.93. The van der Waals surface area contributed by atoms with Crippen LogP contribution < -0.4 is 9.47 Å². The molecule has 0 saturated carbocycles. The van der Waals surface area contributed by atoms with Crippen LogP contribution in [0.4, 0.5) is 0 Å². The lowest BCUT2D eigenvalue weighted by Crippen LogP contribution is -1.99. The molecule has 2 aromatic rings. The van der Waals surface area contributed by atoms with Gasteiger partial charge in [-0.1, -0.05) is 0 Å². The van der Waals surface area contributed by atoms with Gasteiger partial charge in [0, 0.05) is 5.56 Å². The number of hydrogen-bond acceptors (Lipinski definition) is 4. The van der Waals surface area contributed by atoms with Crippen LogP contribution in [-0.4, -0.2) is 27.8 Å². The van der Waals surface area contributed by atoms with E-state index in [0.717, 1.165) is 0 Å². The van der Waals surface area contributed by atoms with Crippen LogP contribution in [-0.2, 0) is 0 Å². The number of fused-ring (bicyclic) bond motifs is 1. The van der Waals surface area contributed by atoms with Gasteiger partial charge in [0.25, 0.3) is 0 Å². The molecule has 1 aromatic heterocycles. The number of carboxylic acid groups (broad SMARTS) is 1. The Morgan fingerprint density at radius 1 is 1.39 bits per heavy atom.